The number of ether oxygens (including phenoxy) is 1. The molecule has 3 heteroatoms. The molecule has 2 bridgehead atoms. The minimum Gasteiger partial charge on any atom is -0.376 e. The number of nitrogens with one attached hydrogen (secondary N) is 1. The van der Waals surface area contributed by atoms with E-state index in [1.54, 1.807) is 0 Å². The second-order valence-corrected chi connectivity index (χ2v) is 6.67. The first-order valence-electron chi connectivity index (χ1n) is 6.87. The van der Waals surface area contributed by atoms with Gasteiger partial charge in [0.15, 0.2) is 0 Å². The number of hydrogen-bond donors (Lipinski definition) is 1. The molecule has 5 unspecified atom stereocenters. The monoisotopic (exact) mass is 234 g/mol. The molecule has 3 fully saturated rings. The third kappa shape index (κ3) is 1.88. The standard InChI is InChI=1S/C14H22N2O/c1-14(2,8-15)3-4-17-13-9-5-10-7-16-12(13)11(10)6-9/h9-13,16H,3-7H2,1-2H3. The molecule has 3 rings (SSSR count). The molecule has 94 valence electrons. The van der Waals surface area contributed by atoms with Crippen molar-refractivity contribution in [2.45, 2.75) is 45.3 Å². The van der Waals surface area contributed by atoms with Crippen LogP contribution in [0.1, 0.15) is 33.1 Å². The Morgan fingerprint density at radius 2 is 2.18 bits per heavy atom. The van der Waals surface area contributed by atoms with Crippen molar-refractivity contribution in [2.75, 3.05) is 13.2 Å². The Morgan fingerprint density at radius 3 is 2.94 bits per heavy atom. The van der Waals surface area contributed by atoms with Crippen LogP contribution in [0.2, 0.25) is 0 Å². The van der Waals surface area contributed by atoms with Crippen molar-refractivity contribution in [2.24, 2.45) is 23.2 Å². The minimum atomic E-state index is -0.247. The lowest BCUT2D eigenvalue weighted by molar-refractivity contribution is -0.00538. The van der Waals surface area contributed by atoms with Crippen LogP contribution < -0.4 is 5.32 Å². The Kier molecular flexibility index (Phi) is 2.68. The van der Waals surface area contributed by atoms with E-state index in [2.05, 4.69) is 11.4 Å². The van der Waals surface area contributed by atoms with Crippen molar-refractivity contribution in [1.29, 1.82) is 5.26 Å². The van der Waals surface area contributed by atoms with Gasteiger partial charge in [-0.2, -0.15) is 5.26 Å². The van der Waals surface area contributed by atoms with Crippen molar-refractivity contribution >= 4 is 0 Å². The fraction of sp³-hybridized carbons (Fsp3) is 0.929. The first-order valence-corrected chi connectivity index (χ1v) is 6.87. The summed E-state index contributed by atoms with van der Waals surface area (Å²) in [5, 5.41) is 12.6. The molecule has 0 radical (unpaired) electrons. The van der Waals surface area contributed by atoms with E-state index >= 15 is 0 Å². The maximum absolute atomic E-state index is 8.98. The summed E-state index contributed by atoms with van der Waals surface area (Å²) in [6, 6.07) is 2.95. The van der Waals surface area contributed by atoms with Crippen molar-refractivity contribution < 1.29 is 4.74 Å². The lowest BCUT2D eigenvalue weighted by Crippen LogP contribution is -2.40. The average Bonchev–Trinajstić information content (AvgIpc) is 2.89. The summed E-state index contributed by atoms with van der Waals surface area (Å²) in [6.45, 7) is 5.91. The van der Waals surface area contributed by atoms with Gasteiger partial charge in [0.2, 0.25) is 0 Å². The highest BCUT2D eigenvalue weighted by atomic mass is 16.5. The summed E-state index contributed by atoms with van der Waals surface area (Å²) in [4.78, 5) is 0. The number of rotatable bonds is 4. The molecule has 2 saturated carbocycles. The van der Waals surface area contributed by atoms with E-state index in [0.717, 1.165) is 30.8 Å². The smallest absolute Gasteiger partial charge is 0.0759 e. The highest BCUT2D eigenvalue weighted by Gasteiger charge is 2.56. The van der Waals surface area contributed by atoms with Crippen LogP contribution in [0, 0.1) is 34.5 Å². The molecule has 0 aromatic rings. The Hall–Kier alpha value is -0.590. The zero-order chi connectivity index (χ0) is 12.0. The largest absolute Gasteiger partial charge is 0.376 e. The second-order valence-electron chi connectivity index (χ2n) is 6.67. The lowest BCUT2D eigenvalue weighted by Gasteiger charge is -2.28. The second kappa shape index (κ2) is 3.96. The Balaban J connectivity index is 1.53. The van der Waals surface area contributed by atoms with Crippen molar-refractivity contribution in [3.8, 4) is 6.07 Å². The van der Waals surface area contributed by atoms with Crippen LogP contribution in [0.25, 0.3) is 0 Å². The third-order valence-corrected chi connectivity index (χ3v) is 5.02. The van der Waals surface area contributed by atoms with E-state index in [9.17, 15) is 0 Å². The summed E-state index contributed by atoms with van der Waals surface area (Å²) in [5.41, 5.74) is -0.247. The van der Waals surface area contributed by atoms with Crippen LogP contribution >= 0.6 is 0 Å². The zero-order valence-corrected chi connectivity index (χ0v) is 10.8. The van der Waals surface area contributed by atoms with Crippen LogP contribution in [0.3, 0.4) is 0 Å². The van der Waals surface area contributed by atoms with E-state index in [-0.39, 0.29) is 5.41 Å². The van der Waals surface area contributed by atoms with Gasteiger partial charge in [-0.15, -0.1) is 0 Å². The van der Waals surface area contributed by atoms with Crippen LogP contribution in [0.4, 0.5) is 0 Å². The molecule has 1 N–H and O–H groups in total. The van der Waals surface area contributed by atoms with Gasteiger partial charge in [-0.1, -0.05) is 0 Å². The normalized spacial score (nSPS) is 43.0. The van der Waals surface area contributed by atoms with Gasteiger partial charge in [0, 0.05) is 12.6 Å². The fourth-order valence-electron chi connectivity index (χ4n) is 3.98. The summed E-state index contributed by atoms with van der Waals surface area (Å²) >= 11 is 0. The maximum Gasteiger partial charge on any atom is 0.0759 e. The number of nitrogens with zero attached hydrogens (tertiary/aromatic N) is 1. The molecule has 0 aromatic carbocycles. The predicted molar refractivity (Wildman–Crippen MR) is 65.2 cm³/mol. The molecule has 3 nitrogen and oxygen atoms in total. The summed E-state index contributed by atoms with van der Waals surface area (Å²) < 4.78 is 6.09. The molecule has 0 amide bonds. The molecule has 3 aliphatic rings. The van der Waals surface area contributed by atoms with Gasteiger partial charge in [-0.25, -0.2) is 0 Å². The SMILES string of the molecule is CC(C)(C#N)CCOC1C2CC3CNC1C3C2. The summed E-state index contributed by atoms with van der Waals surface area (Å²) in [5.74, 6) is 2.60. The first-order chi connectivity index (χ1) is 8.11. The molecule has 17 heavy (non-hydrogen) atoms. The maximum atomic E-state index is 8.98. The third-order valence-electron chi connectivity index (χ3n) is 5.02. The van der Waals surface area contributed by atoms with Crippen molar-refractivity contribution in [3.05, 3.63) is 0 Å². The highest BCUT2D eigenvalue weighted by Crippen LogP contribution is 2.52. The van der Waals surface area contributed by atoms with E-state index in [0.29, 0.717) is 12.1 Å². The molecule has 1 saturated heterocycles. The Labute approximate surface area is 104 Å². The van der Waals surface area contributed by atoms with Gasteiger partial charge < -0.3 is 10.1 Å². The topological polar surface area (TPSA) is 45.0 Å². The number of nitriles is 1. The summed E-state index contributed by atoms with van der Waals surface area (Å²) in [7, 11) is 0. The predicted octanol–water partition coefficient (Wildman–Crippen LogP) is 1.94. The Bertz CT molecular complexity index is 345. The van der Waals surface area contributed by atoms with E-state index in [1.165, 1.54) is 19.4 Å². The van der Waals surface area contributed by atoms with Gasteiger partial charge in [-0.3, -0.25) is 0 Å². The quantitative estimate of drug-likeness (QED) is 0.808. The zero-order valence-electron chi connectivity index (χ0n) is 10.8. The Morgan fingerprint density at radius 1 is 1.35 bits per heavy atom. The molecular formula is C14H22N2O. The average molecular weight is 234 g/mol. The van der Waals surface area contributed by atoms with Gasteiger partial charge in [0.1, 0.15) is 0 Å². The molecule has 1 aliphatic heterocycles. The van der Waals surface area contributed by atoms with Crippen LogP contribution in [0.15, 0.2) is 0 Å². The van der Waals surface area contributed by atoms with E-state index in [4.69, 9.17) is 10.00 Å². The highest BCUT2D eigenvalue weighted by molar-refractivity contribution is 5.10. The van der Waals surface area contributed by atoms with Crippen LogP contribution in [-0.2, 0) is 4.74 Å². The molecule has 5 atom stereocenters. The van der Waals surface area contributed by atoms with E-state index in [1.807, 2.05) is 13.8 Å². The molecular weight excluding hydrogens is 212 g/mol. The van der Waals surface area contributed by atoms with Gasteiger partial charge in [0.05, 0.1) is 17.6 Å². The first kappa shape index (κ1) is 11.5. The van der Waals surface area contributed by atoms with Gasteiger partial charge >= 0.3 is 0 Å². The van der Waals surface area contributed by atoms with E-state index < -0.39 is 0 Å². The van der Waals surface area contributed by atoms with Crippen molar-refractivity contribution in [1.82, 2.24) is 5.32 Å². The molecule has 0 spiro atoms. The van der Waals surface area contributed by atoms with Gasteiger partial charge in [-0.05, 0) is 57.4 Å². The van der Waals surface area contributed by atoms with Gasteiger partial charge in [0.25, 0.3) is 0 Å². The van der Waals surface area contributed by atoms with Crippen LogP contribution in [0.5, 0.6) is 0 Å². The summed E-state index contributed by atoms with van der Waals surface area (Å²) in [6.07, 6.45) is 4.00. The van der Waals surface area contributed by atoms with Crippen molar-refractivity contribution in [3.63, 3.8) is 0 Å². The van der Waals surface area contributed by atoms with Crippen LogP contribution in [-0.4, -0.2) is 25.3 Å². The number of hydrogen-bond acceptors (Lipinski definition) is 3. The minimum absolute atomic E-state index is 0.247. The molecule has 1 heterocycles. The molecule has 2 aliphatic carbocycles. The number of fused-ring (bicyclic) bond motifs is 1. The lowest BCUT2D eigenvalue weighted by atomic mass is 9.88. The fourth-order valence-corrected chi connectivity index (χ4v) is 3.98. The molecule has 0 aromatic heterocycles.